The minimum Gasteiger partial charge on any atom is -0.298 e. The van der Waals surface area contributed by atoms with Crippen molar-refractivity contribution in [1.29, 1.82) is 0 Å². The van der Waals surface area contributed by atoms with Gasteiger partial charge in [0.25, 0.3) is 0 Å². The molecule has 1 aliphatic carbocycles. The monoisotopic (exact) mass is 352 g/mol. The largest absolute Gasteiger partial charge is 0.298 e. The fourth-order valence-corrected chi connectivity index (χ4v) is 4.71. The van der Waals surface area contributed by atoms with Gasteiger partial charge in [-0.05, 0) is 62.7 Å². The number of hydrogen-bond acceptors (Lipinski definition) is 3. The van der Waals surface area contributed by atoms with Gasteiger partial charge in [-0.3, -0.25) is 14.9 Å². The summed E-state index contributed by atoms with van der Waals surface area (Å²) in [5.41, 5.74) is 5.61. The highest BCUT2D eigenvalue weighted by atomic mass is 15.2. The van der Waals surface area contributed by atoms with Gasteiger partial charge in [0.05, 0.1) is 5.69 Å². The molecule has 0 bridgehead atoms. The van der Waals surface area contributed by atoms with Gasteiger partial charge in [-0.1, -0.05) is 37.3 Å². The van der Waals surface area contributed by atoms with Crippen molar-refractivity contribution in [2.45, 2.75) is 58.2 Å². The number of piperidine rings is 1. The number of hydrogen-bond donors (Lipinski definition) is 1. The number of rotatable bonds is 5. The third kappa shape index (κ3) is 3.86. The molecule has 0 unspecified atom stereocenters. The summed E-state index contributed by atoms with van der Waals surface area (Å²) in [5, 5.41) is 7.96. The second-order valence-electron chi connectivity index (χ2n) is 8.30. The van der Waals surface area contributed by atoms with Crippen molar-refractivity contribution >= 4 is 0 Å². The average molecular weight is 353 g/mol. The lowest BCUT2D eigenvalue weighted by Gasteiger charge is -2.41. The first-order valence-electron chi connectivity index (χ1n) is 10.2. The van der Waals surface area contributed by atoms with Gasteiger partial charge >= 0.3 is 0 Å². The van der Waals surface area contributed by atoms with Gasteiger partial charge in [0, 0.05) is 31.4 Å². The Kier molecular flexibility index (Phi) is 5.41. The van der Waals surface area contributed by atoms with Crippen LogP contribution in [0.3, 0.4) is 0 Å². The van der Waals surface area contributed by atoms with Crippen molar-refractivity contribution in [2.75, 3.05) is 20.1 Å². The molecule has 1 aliphatic heterocycles. The smallest absolute Gasteiger partial charge is 0.0797 e. The van der Waals surface area contributed by atoms with Crippen molar-refractivity contribution in [3.05, 3.63) is 52.8 Å². The summed E-state index contributed by atoms with van der Waals surface area (Å²) in [5.74, 6) is 0.738. The van der Waals surface area contributed by atoms with E-state index in [1.54, 1.807) is 0 Å². The van der Waals surface area contributed by atoms with Crippen LogP contribution in [0.4, 0.5) is 0 Å². The lowest BCUT2D eigenvalue weighted by Crippen LogP contribution is -2.50. The number of aryl methyl sites for hydroxylation is 1. The number of aromatic nitrogens is 2. The lowest BCUT2D eigenvalue weighted by atomic mass is 9.91. The number of nitrogens with zero attached hydrogens (tertiary/aromatic N) is 3. The Morgan fingerprint density at radius 3 is 2.85 bits per heavy atom. The Morgan fingerprint density at radius 1 is 1.19 bits per heavy atom. The SMILES string of the molecule is C[C@@H]1CCN(Cc2ccccc2)C[C@@H]1N(C)Cc1n[nH]c2c1CCCC2. The van der Waals surface area contributed by atoms with Crippen molar-refractivity contribution < 1.29 is 0 Å². The predicted molar refractivity (Wildman–Crippen MR) is 106 cm³/mol. The second kappa shape index (κ2) is 7.93. The van der Waals surface area contributed by atoms with Gasteiger partial charge < -0.3 is 0 Å². The zero-order valence-corrected chi connectivity index (χ0v) is 16.2. The molecule has 2 aromatic rings. The van der Waals surface area contributed by atoms with Crippen LogP contribution in [-0.2, 0) is 25.9 Å². The molecule has 0 amide bonds. The molecule has 4 rings (SSSR count). The van der Waals surface area contributed by atoms with Crippen LogP contribution in [0.1, 0.15) is 48.7 Å². The summed E-state index contributed by atoms with van der Waals surface area (Å²) >= 11 is 0. The number of nitrogens with one attached hydrogen (secondary N) is 1. The summed E-state index contributed by atoms with van der Waals surface area (Å²) in [6.45, 7) is 6.81. The van der Waals surface area contributed by atoms with E-state index in [1.807, 2.05) is 0 Å². The molecule has 0 saturated carbocycles. The molecule has 140 valence electrons. The van der Waals surface area contributed by atoms with E-state index < -0.39 is 0 Å². The van der Waals surface area contributed by atoms with E-state index in [0.29, 0.717) is 6.04 Å². The van der Waals surface area contributed by atoms with E-state index in [0.717, 1.165) is 25.6 Å². The van der Waals surface area contributed by atoms with Crippen LogP contribution in [0.15, 0.2) is 30.3 Å². The van der Waals surface area contributed by atoms with Crippen molar-refractivity contribution in [3.63, 3.8) is 0 Å². The molecule has 2 heterocycles. The molecular weight excluding hydrogens is 320 g/mol. The Labute approximate surface area is 157 Å². The minimum atomic E-state index is 0.600. The lowest BCUT2D eigenvalue weighted by molar-refractivity contribution is 0.0662. The Bertz CT molecular complexity index is 708. The quantitative estimate of drug-likeness (QED) is 0.892. The molecule has 4 nitrogen and oxygen atoms in total. The normalized spacial score (nSPS) is 24.0. The van der Waals surface area contributed by atoms with Crippen LogP contribution < -0.4 is 0 Å². The van der Waals surface area contributed by atoms with Crippen molar-refractivity contribution in [3.8, 4) is 0 Å². The summed E-state index contributed by atoms with van der Waals surface area (Å²) < 4.78 is 0. The van der Waals surface area contributed by atoms with Gasteiger partial charge in [0.2, 0.25) is 0 Å². The van der Waals surface area contributed by atoms with Crippen molar-refractivity contribution in [1.82, 2.24) is 20.0 Å². The number of fused-ring (bicyclic) bond motifs is 1. The number of aromatic amines is 1. The third-order valence-electron chi connectivity index (χ3n) is 6.36. The standard InChI is InChI=1S/C22H32N4/c1-17-12-13-26(14-18-8-4-3-5-9-18)16-22(17)25(2)15-21-19-10-6-7-11-20(19)23-24-21/h3-5,8-9,17,22H,6-7,10-16H2,1-2H3,(H,23,24)/t17-,22+/m1/s1. The summed E-state index contributed by atoms with van der Waals surface area (Å²) in [6, 6.07) is 11.5. The third-order valence-corrected chi connectivity index (χ3v) is 6.36. The molecule has 1 N–H and O–H groups in total. The van der Waals surface area contributed by atoms with Gasteiger partial charge in [-0.15, -0.1) is 0 Å². The fraction of sp³-hybridized carbons (Fsp3) is 0.591. The highest BCUT2D eigenvalue weighted by molar-refractivity contribution is 5.27. The molecule has 1 saturated heterocycles. The Balaban J connectivity index is 1.41. The highest BCUT2D eigenvalue weighted by Crippen LogP contribution is 2.26. The van der Waals surface area contributed by atoms with Crippen LogP contribution in [0.5, 0.6) is 0 Å². The Morgan fingerprint density at radius 2 is 2.00 bits per heavy atom. The van der Waals surface area contributed by atoms with Gasteiger partial charge in [-0.25, -0.2) is 0 Å². The number of likely N-dealkylation sites (tertiary alicyclic amines) is 1. The van der Waals surface area contributed by atoms with Crippen LogP contribution in [0.25, 0.3) is 0 Å². The maximum Gasteiger partial charge on any atom is 0.0797 e. The first-order chi connectivity index (χ1) is 12.7. The highest BCUT2D eigenvalue weighted by Gasteiger charge is 2.30. The topological polar surface area (TPSA) is 35.2 Å². The molecule has 1 aromatic carbocycles. The summed E-state index contributed by atoms with van der Waals surface area (Å²) in [6.07, 6.45) is 6.28. The minimum absolute atomic E-state index is 0.600. The summed E-state index contributed by atoms with van der Waals surface area (Å²) in [4.78, 5) is 5.17. The Hall–Kier alpha value is -1.65. The molecule has 0 spiro atoms. The molecule has 1 fully saturated rings. The van der Waals surface area contributed by atoms with Gasteiger partial charge in [0.15, 0.2) is 0 Å². The molecule has 0 radical (unpaired) electrons. The van der Waals surface area contributed by atoms with Crippen LogP contribution >= 0.6 is 0 Å². The maximum absolute atomic E-state index is 4.66. The molecule has 2 aliphatic rings. The molecular formula is C22H32N4. The van der Waals surface area contributed by atoms with Gasteiger partial charge in [0.1, 0.15) is 0 Å². The maximum atomic E-state index is 4.66. The van der Waals surface area contributed by atoms with E-state index in [4.69, 9.17) is 0 Å². The van der Waals surface area contributed by atoms with Crippen LogP contribution in [0.2, 0.25) is 0 Å². The van der Waals surface area contributed by atoms with E-state index in [9.17, 15) is 0 Å². The second-order valence-corrected chi connectivity index (χ2v) is 8.30. The van der Waals surface area contributed by atoms with Gasteiger partial charge in [-0.2, -0.15) is 5.10 Å². The van der Waals surface area contributed by atoms with E-state index in [-0.39, 0.29) is 0 Å². The first kappa shape index (κ1) is 17.7. The fourth-order valence-electron chi connectivity index (χ4n) is 4.71. The molecule has 4 heteroatoms. The van der Waals surface area contributed by atoms with Crippen LogP contribution in [0, 0.1) is 5.92 Å². The van der Waals surface area contributed by atoms with Crippen molar-refractivity contribution in [2.24, 2.45) is 5.92 Å². The zero-order valence-electron chi connectivity index (χ0n) is 16.2. The molecule has 1 aromatic heterocycles. The summed E-state index contributed by atoms with van der Waals surface area (Å²) in [7, 11) is 2.29. The predicted octanol–water partition coefficient (Wildman–Crippen LogP) is 3.63. The number of likely N-dealkylation sites (N-methyl/N-ethyl adjacent to an activating group) is 1. The molecule has 2 atom stereocenters. The van der Waals surface area contributed by atoms with Crippen LogP contribution in [-0.4, -0.2) is 46.2 Å². The molecule has 26 heavy (non-hydrogen) atoms. The first-order valence-corrected chi connectivity index (χ1v) is 10.2. The number of benzene rings is 1. The van der Waals surface area contributed by atoms with E-state index in [2.05, 4.69) is 64.3 Å². The average Bonchev–Trinajstić information content (AvgIpc) is 3.07. The van der Waals surface area contributed by atoms with E-state index in [1.165, 1.54) is 61.2 Å². The number of H-pyrrole nitrogens is 1. The van der Waals surface area contributed by atoms with E-state index >= 15 is 0 Å². The zero-order chi connectivity index (χ0) is 17.9.